The molecule has 0 aliphatic rings. The van der Waals surface area contributed by atoms with Crippen LogP contribution >= 0.6 is 0 Å². The van der Waals surface area contributed by atoms with Gasteiger partial charge in [0.1, 0.15) is 5.69 Å². The molecule has 6 nitrogen and oxygen atoms in total. The Morgan fingerprint density at radius 1 is 1.35 bits per heavy atom. The summed E-state index contributed by atoms with van der Waals surface area (Å²) >= 11 is 0. The first kappa shape index (κ1) is 11.3. The molecular weight excluding hydrogens is 237 g/mol. The summed E-state index contributed by atoms with van der Waals surface area (Å²) in [6, 6.07) is 2.34. The summed E-state index contributed by atoms with van der Waals surface area (Å²) in [4.78, 5) is 3.24. The van der Waals surface area contributed by atoms with Crippen molar-refractivity contribution in [1.29, 1.82) is 0 Å². The van der Waals surface area contributed by atoms with Crippen molar-refractivity contribution in [2.45, 2.75) is 12.7 Å². The molecule has 2 N–H and O–H groups in total. The number of hydrogen-bond acceptors (Lipinski definition) is 5. The third kappa shape index (κ3) is 2.89. The summed E-state index contributed by atoms with van der Waals surface area (Å²) < 4.78 is 37.1. The minimum Gasteiger partial charge on any atom is -0.377 e. The second-order valence-corrected chi connectivity index (χ2v) is 3.11. The Morgan fingerprint density at radius 3 is 2.82 bits per heavy atom. The van der Waals surface area contributed by atoms with Crippen LogP contribution in [0.5, 0.6) is 0 Å². The lowest BCUT2D eigenvalue weighted by Gasteiger charge is -2.08. The zero-order valence-corrected chi connectivity index (χ0v) is 8.36. The third-order valence-corrected chi connectivity index (χ3v) is 1.89. The molecule has 0 atom stereocenters. The summed E-state index contributed by atoms with van der Waals surface area (Å²) in [5, 5.41) is 15.6. The van der Waals surface area contributed by atoms with Gasteiger partial charge in [-0.3, -0.25) is 4.98 Å². The second-order valence-electron chi connectivity index (χ2n) is 3.11. The fourth-order valence-electron chi connectivity index (χ4n) is 1.13. The van der Waals surface area contributed by atoms with E-state index in [1.165, 1.54) is 6.07 Å². The van der Waals surface area contributed by atoms with Crippen LogP contribution < -0.4 is 5.32 Å². The maximum atomic E-state index is 12.4. The van der Waals surface area contributed by atoms with E-state index in [1.807, 2.05) is 0 Å². The van der Waals surface area contributed by atoms with Crippen molar-refractivity contribution in [2.24, 2.45) is 0 Å². The smallest absolute Gasteiger partial charge is 0.377 e. The lowest BCUT2D eigenvalue weighted by molar-refractivity contribution is -0.141. The summed E-state index contributed by atoms with van der Waals surface area (Å²) in [7, 11) is 0. The highest BCUT2D eigenvalue weighted by molar-refractivity contribution is 5.43. The average molecular weight is 244 g/mol. The topological polar surface area (TPSA) is 79.4 Å². The lowest BCUT2D eigenvalue weighted by Crippen LogP contribution is -2.09. The van der Waals surface area contributed by atoms with Gasteiger partial charge in [-0.05, 0) is 12.1 Å². The normalized spacial score (nSPS) is 11.5. The molecule has 0 fully saturated rings. The molecule has 17 heavy (non-hydrogen) atoms. The van der Waals surface area contributed by atoms with E-state index in [0.717, 1.165) is 12.3 Å². The van der Waals surface area contributed by atoms with E-state index >= 15 is 0 Å². The lowest BCUT2D eigenvalue weighted by atomic mass is 10.3. The number of rotatable bonds is 3. The van der Waals surface area contributed by atoms with Gasteiger partial charge in [-0.1, -0.05) is 5.21 Å². The predicted octanol–water partition coefficient (Wildman–Crippen LogP) is 1.23. The number of aromatic amines is 1. The first-order valence-electron chi connectivity index (χ1n) is 4.55. The van der Waals surface area contributed by atoms with Crippen LogP contribution in [-0.2, 0) is 12.7 Å². The molecular formula is C8H7F3N6. The molecule has 2 rings (SSSR count). The number of alkyl halides is 3. The van der Waals surface area contributed by atoms with Gasteiger partial charge in [0, 0.05) is 11.9 Å². The molecule has 9 heteroatoms. The standard InChI is InChI=1S/C8H7F3N6/c9-8(10,11)6-3-5(1-2-12-6)13-4-7-14-16-17-15-7/h1-3H,4H2,(H,12,13)(H,14,15,16,17). The number of nitrogens with one attached hydrogen (secondary N) is 2. The SMILES string of the molecule is FC(F)(F)c1cc(NCc2nn[nH]n2)ccn1. The van der Waals surface area contributed by atoms with Crippen molar-refractivity contribution in [3.05, 3.63) is 29.8 Å². The van der Waals surface area contributed by atoms with Gasteiger partial charge >= 0.3 is 6.18 Å². The van der Waals surface area contributed by atoms with Gasteiger partial charge in [0.2, 0.25) is 0 Å². The zero-order valence-electron chi connectivity index (χ0n) is 8.36. The van der Waals surface area contributed by atoms with Crippen molar-refractivity contribution < 1.29 is 13.2 Å². The number of hydrogen-bond donors (Lipinski definition) is 2. The van der Waals surface area contributed by atoms with Crippen molar-refractivity contribution in [3.8, 4) is 0 Å². The first-order valence-corrected chi connectivity index (χ1v) is 4.55. The maximum Gasteiger partial charge on any atom is 0.433 e. The van der Waals surface area contributed by atoms with Gasteiger partial charge in [0.15, 0.2) is 5.82 Å². The summed E-state index contributed by atoms with van der Waals surface area (Å²) in [5.41, 5.74) is -0.660. The van der Waals surface area contributed by atoms with E-state index in [9.17, 15) is 13.2 Å². The molecule has 0 aromatic carbocycles. The Labute approximate surface area is 93.3 Å². The number of nitrogens with zero attached hydrogens (tertiary/aromatic N) is 4. The molecule has 0 aliphatic heterocycles. The highest BCUT2D eigenvalue weighted by Crippen LogP contribution is 2.28. The van der Waals surface area contributed by atoms with Gasteiger partial charge in [-0.2, -0.15) is 18.4 Å². The molecule has 0 saturated carbocycles. The number of pyridine rings is 1. The minimum atomic E-state index is -4.45. The molecule has 0 radical (unpaired) electrons. The maximum absolute atomic E-state index is 12.4. The van der Waals surface area contributed by atoms with Gasteiger partial charge < -0.3 is 5.32 Å². The molecule has 0 bridgehead atoms. The molecule has 0 amide bonds. The van der Waals surface area contributed by atoms with Crippen molar-refractivity contribution in [3.63, 3.8) is 0 Å². The van der Waals surface area contributed by atoms with Crippen molar-refractivity contribution >= 4 is 5.69 Å². The Hall–Kier alpha value is -2.19. The van der Waals surface area contributed by atoms with Crippen LogP contribution in [0.3, 0.4) is 0 Å². The molecule has 0 aliphatic carbocycles. The highest BCUT2D eigenvalue weighted by Gasteiger charge is 2.32. The van der Waals surface area contributed by atoms with Gasteiger partial charge in [-0.25, -0.2) is 0 Å². The fourth-order valence-corrected chi connectivity index (χ4v) is 1.13. The average Bonchev–Trinajstić information content (AvgIpc) is 2.78. The van der Waals surface area contributed by atoms with Crippen LogP contribution in [0, 0.1) is 0 Å². The highest BCUT2D eigenvalue weighted by atomic mass is 19.4. The van der Waals surface area contributed by atoms with Crippen molar-refractivity contribution in [1.82, 2.24) is 25.6 Å². The van der Waals surface area contributed by atoms with Crippen molar-refractivity contribution in [2.75, 3.05) is 5.32 Å². The fraction of sp³-hybridized carbons (Fsp3) is 0.250. The van der Waals surface area contributed by atoms with E-state index < -0.39 is 11.9 Å². The first-order chi connectivity index (χ1) is 8.05. The van der Waals surface area contributed by atoms with E-state index in [1.54, 1.807) is 0 Å². The van der Waals surface area contributed by atoms with E-state index in [4.69, 9.17) is 0 Å². The number of anilines is 1. The Kier molecular flexibility index (Phi) is 2.90. The summed E-state index contributed by atoms with van der Waals surface area (Å²) in [5.74, 6) is 0.357. The molecule has 2 aromatic heterocycles. The number of H-pyrrole nitrogens is 1. The van der Waals surface area contributed by atoms with Crippen LogP contribution in [0.2, 0.25) is 0 Å². The Morgan fingerprint density at radius 2 is 2.18 bits per heavy atom. The van der Waals surface area contributed by atoms with Crippen LogP contribution in [0.1, 0.15) is 11.5 Å². The molecule has 2 aromatic rings. The largest absolute Gasteiger partial charge is 0.433 e. The summed E-state index contributed by atoms with van der Waals surface area (Å²) in [6.07, 6.45) is -3.37. The molecule has 0 unspecified atom stereocenters. The van der Waals surface area contributed by atoms with Crippen LogP contribution in [0.15, 0.2) is 18.3 Å². The number of tetrazole rings is 1. The molecule has 0 spiro atoms. The van der Waals surface area contributed by atoms with Crippen LogP contribution in [-0.4, -0.2) is 25.6 Å². The quantitative estimate of drug-likeness (QED) is 0.848. The third-order valence-electron chi connectivity index (χ3n) is 1.89. The van der Waals surface area contributed by atoms with Crippen LogP contribution in [0.4, 0.5) is 18.9 Å². The van der Waals surface area contributed by atoms with Gasteiger partial charge in [-0.15, -0.1) is 10.2 Å². The minimum absolute atomic E-state index is 0.178. The Balaban J connectivity index is 2.07. The summed E-state index contributed by atoms with van der Waals surface area (Å²) in [6.45, 7) is 0.178. The molecule has 0 saturated heterocycles. The monoisotopic (exact) mass is 244 g/mol. The zero-order chi connectivity index (χ0) is 12.3. The number of halogens is 3. The van der Waals surface area contributed by atoms with Gasteiger partial charge in [0.25, 0.3) is 0 Å². The van der Waals surface area contributed by atoms with E-state index in [2.05, 4.69) is 30.9 Å². The van der Waals surface area contributed by atoms with Crippen LogP contribution in [0.25, 0.3) is 0 Å². The molecule has 2 heterocycles. The predicted molar refractivity (Wildman–Crippen MR) is 50.7 cm³/mol. The molecule has 90 valence electrons. The second kappa shape index (κ2) is 4.36. The van der Waals surface area contributed by atoms with Gasteiger partial charge in [0.05, 0.1) is 6.54 Å². The number of aromatic nitrogens is 5. The van der Waals surface area contributed by atoms with E-state index in [0.29, 0.717) is 5.82 Å². The Bertz CT molecular complexity index is 480. The van der Waals surface area contributed by atoms with E-state index in [-0.39, 0.29) is 12.2 Å².